The van der Waals surface area contributed by atoms with Crippen LogP contribution in [0.15, 0.2) is 11.6 Å². The molecule has 1 N–H and O–H groups in total. The van der Waals surface area contributed by atoms with Crippen molar-refractivity contribution in [2.24, 2.45) is 34.5 Å². The molecule has 0 aromatic carbocycles. The van der Waals surface area contributed by atoms with E-state index in [1.807, 2.05) is 27.7 Å². The smallest absolute Gasteiger partial charge is 0.155 e. The van der Waals surface area contributed by atoms with Gasteiger partial charge in [0.05, 0.1) is 6.10 Å². The number of fused-ring (bicyclic) bond motifs is 5. The number of rotatable bonds is 4. The maximum atomic E-state index is 12.1. The molecule has 3 fully saturated rings. The zero-order valence-electron chi connectivity index (χ0n) is 16.5. The second kappa shape index (κ2) is 7.15. The van der Waals surface area contributed by atoms with Gasteiger partial charge < -0.3 is 5.11 Å². The average Bonchev–Trinajstić information content (AvgIpc) is 2.86. The van der Waals surface area contributed by atoms with Crippen molar-refractivity contribution in [1.29, 1.82) is 0 Å². The molecule has 0 aliphatic heterocycles. The molecule has 4 aliphatic carbocycles. The van der Waals surface area contributed by atoms with Crippen molar-refractivity contribution in [3.63, 3.8) is 0 Å². The maximum Gasteiger partial charge on any atom is 0.155 e. The van der Waals surface area contributed by atoms with Gasteiger partial charge in [-0.15, -0.1) is 0 Å². The first-order valence-corrected chi connectivity index (χ1v) is 13.1. The van der Waals surface area contributed by atoms with E-state index in [1.165, 1.54) is 37.0 Å². The van der Waals surface area contributed by atoms with Gasteiger partial charge in [0, 0.05) is 23.3 Å². The summed E-state index contributed by atoms with van der Waals surface area (Å²) >= 11 is 0. The monoisotopic (exact) mass is 394 g/mol. The SMILES string of the molecule is CCSSC[C@]12CCC(=O)C=C1CC[C@@H]1[C@@H]2CC[C@]2(C)[C@@H](O)[C@H](C)C[C@@H]12. The Balaban J connectivity index is 1.67. The molecule has 4 heteroatoms. The zero-order chi connectivity index (χ0) is 18.5. The van der Waals surface area contributed by atoms with Crippen LogP contribution in [0.1, 0.15) is 65.7 Å². The number of carbonyl (C=O) groups excluding carboxylic acids is 1. The lowest BCUT2D eigenvalue weighted by molar-refractivity contribution is -0.117. The summed E-state index contributed by atoms with van der Waals surface area (Å²) in [4.78, 5) is 12.1. The van der Waals surface area contributed by atoms with Crippen LogP contribution in [0.4, 0.5) is 0 Å². The minimum atomic E-state index is -0.126. The van der Waals surface area contributed by atoms with Crippen LogP contribution in [0.2, 0.25) is 0 Å². The van der Waals surface area contributed by atoms with E-state index in [2.05, 4.69) is 20.8 Å². The molecule has 0 aromatic heterocycles. The highest BCUT2D eigenvalue weighted by atomic mass is 33.1. The summed E-state index contributed by atoms with van der Waals surface area (Å²) in [6.45, 7) is 6.85. The molecule has 0 amide bonds. The summed E-state index contributed by atoms with van der Waals surface area (Å²) in [7, 11) is 4.01. The number of hydrogen-bond acceptors (Lipinski definition) is 4. The van der Waals surface area contributed by atoms with Crippen molar-refractivity contribution < 1.29 is 9.90 Å². The van der Waals surface area contributed by atoms with Crippen molar-refractivity contribution in [2.45, 2.75) is 71.8 Å². The minimum absolute atomic E-state index is 0.124. The second-order valence-electron chi connectivity index (χ2n) is 9.58. The van der Waals surface area contributed by atoms with Gasteiger partial charge in [0.2, 0.25) is 0 Å². The number of carbonyl (C=O) groups is 1. The van der Waals surface area contributed by atoms with E-state index in [0.29, 0.717) is 17.6 Å². The summed E-state index contributed by atoms with van der Waals surface area (Å²) < 4.78 is 0. The average molecular weight is 395 g/mol. The van der Waals surface area contributed by atoms with Crippen LogP contribution in [-0.4, -0.2) is 28.5 Å². The van der Waals surface area contributed by atoms with Gasteiger partial charge >= 0.3 is 0 Å². The van der Waals surface area contributed by atoms with Gasteiger partial charge in [0.15, 0.2) is 5.78 Å². The normalized spacial score (nSPS) is 47.8. The fourth-order valence-corrected chi connectivity index (χ4v) is 9.59. The quantitative estimate of drug-likeness (QED) is 0.504. The number of aliphatic hydroxyl groups is 1. The molecule has 4 rings (SSSR count). The van der Waals surface area contributed by atoms with E-state index in [0.717, 1.165) is 36.9 Å². The Morgan fingerprint density at radius 3 is 2.77 bits per heavy atom. The number of ketones is 1. The van der Waals surface area contributed by atoms with Gasteiger partial charge in [-0.05, 0) is 73.7 Å². The van der Waals surface area contributed by atoms with Crippen molar-refractivity contribution in [1.82, 2.24) is 0 Å². The second-order valence-corrected chi connectivity index (χ2v) is 12.3. The first-order chi connectivity index (χ1) is 12.4. The molecule has 0 radical (unpaired) electrons. The lowest BCUT2D eigenvalue weighted by Crippen LogP contribution is -2.53. The summed E-state index contributed by atoms with van der Waals surface area (Å²) in [5.41, 5.74) is 1.86. The molecule has 0 aromatic rings. The minimum Gasteiger partial charge on any atom is -0.392 e. The molecule has 7 atom stereocenters. The van der Waals surface area contributed by atoms with E-state index in [4.69, 9.17) is 0 Å². The molecule has 146 valence electrons. The molecular weight excluding hydrogens is 360 g/mol. The Morgan fingerprint density at radius 1 is 1.19 bits per heavy atom. The third-order valence-electron chi connectivity index (χ3n) is 8.48. The largest absolute Gasteiger partial charge is 0.392 e. The molecule has 0 bridgehead atoms. The fourth-order valence-electron chi connectivity index (χ4n) is 7.20. The first kappa shape index (κ1) is 19.4. The standard InChI is InChI=1S/C22H34O2S2/c1-4-25-26-13-22-10-7-16(23)12-15(22)5-6-17-18(22)8-9-21(3)19(17)11-14(2)20(21)24/h12,14,17-20,24H,4-11,13H2,1-3H3/t14-,17-,18+,19+,20+,21+,22-/m1/s1. The molecule has 4 aliphatic rings. The number of allylic oxidation sites excluding steroid dienone is 1. The molecule has 0 unspecified atom stereocenters. The third kappa shape index (κ3) is 2.85. The molecule has 2 nitrogen and oxygen atoms in total. The van der Waals surface area contributed by atoms with Crippen LogP contribution in [-0.2, 0) is 4.79 Å². The van der Waals surface area contributed by atoms with Gasteiger partial charge in [0.1, 0.15) is 0 Å². The Labute approximate surface area is 166 Å². The van der Waals surface area contributed by atoms with Gasteiger partial charge in [0.25, 0.3) is 0 Å². The highest BCUT2D eigenvalue weighted by molar-refractivity contribution is 8.76. The summed E-state index contributed by atoms with van der Waals surface area (Å²) in [5.74, 6) is 5.25. The van der Waals surface area contributed by atoms with Crippen LogP contribution in [0.3, 0.4) is 0 Å². The van der Waals surface area contributed by atoms with Gasteiger partial charge in [-0.3, -0.25) is 4.79 Å². The van der Waals surface area contributed by atoms with E-state index >= 15 is 0 Å². The van der Waals surface area contributed by atoms with E-state index in [-0.39, 0.29) is 16.9 Å². The summed E-state index contributed by atoms with van der Waals surface area (Å²) in [6.07, 6.45) is 9.67. The van der Waals surface area contributed by atoms with Crippen LogP contribution in [0.25, 0.3) is 0 Å². The van der Waals surface area contributed by atoms with Crippen molar-refractivity contribution in [3.05, 3.63) is 11.6 Å². The van der Waals surface area contributed by atoms with Crippen LogP contribution in [0.5, 0.6) is 0 Å². The zero-order valence-corrected chi connectivity index (χ0v) is 18.1. The summed E-state index contributed by atoms with van der Waals surface area (Å²) in [6, 6.07) is 0. The maximum absolute atomic E-state index is 12.1. The van der Waals surface area contributed by atoms with Crippen LogP contribution in [0, 0.1) is 34.5 Å². The van der Waals surface area contributed by atoms with E-state index in [9.17, 15) is 9.90 Å². The molecular formula is C22H34O2S2. The fraction of sp³-hybridized carbons (Fsp3) is 0.864. The predicted octanol–water partition coefficient (Wildman–Crippen LogP) is 5.51. The lowest BCUT2D eigenvalue weighted by Gasteiger charge is -2.58. The van der Waals surface area contributed by atoms with Crippen LogP contribution >= 0.6 is 21.6 Å². The van der Waals surface area contributed by atoms with E-state index in [1.54, 1.807) is 0 Å². The Bertz CT molecular complexity index is 603. The Kier molecular flexibility index (Phi) is 5.33. The van der Waals surface area contributed by atoms with Crippen molar-refractivity contribution in [3.8, 4) is 0 Å². The number of aliphatic hydroxyl groups excluding tert-OH is 1. The topological polar surface area (TPSA) is 37.3 Å². The van der Waals surface area contributed by atoms with Crippen molar-refractivity contribution in [2.75, 3.05) is 11.5 Å². The lowest BCUT2D eigenvalue weighted by atomic mass is 9.47. The highest BCUT2D eigenvalue weighted by Gasteiger charge is 2.61. The van der Waals surface area contributed by atoms with Gasteiger partial charge in [-0.25, -0.2) is 0 Å². The summed E-state index contributed by atoms with van der Waals surface area (Å²) in [5, 5.41) is 10.9. The van der Waals surface area contributed by atoms with Crippen molar-refractivity contribution >= 4 is 27.4 Å². The van der Waals surface area contributed by atoms with Gasteiger partial charge in [-0.2, -0.15) is 0 Å². The molecule has 0 spiro atoms. The molecule has 0 heterocycles. The first-order valence-electron chi connectivity index (χ1n) is 10.6. The van der Waals surface area contributed by atoms with Crippen LogP contribution < -0.4 is 0 Å². The third-order valence-corrected chi connectivity index (χ3v) is 11.1. The molecule has 26 heavy (non-hydrogen) atoms. The molecule has 0 saturated heterocycles. The highest BCUT2D eigenvalue weighted by Crippen LogP contribution is 2.66. The number of hydrogen-bond donors (Lipinski definition) is 1. The molecule has 3 saturated carbocycles. The Morgan fingerprint density at radius 2 is 2.00 bits per heavy atom. The predicted molar refractivity (Wildman–Crippen MR) is 112 cm³/mol. The van der Waals surface area contributed by atoms with E-state index < -0.39 is 0 Å². The van der Waals surface area contributed by atoms with Gasteiger partial charge in [-0.1, -0.05) is 47.9 Å². The Hall–Kier alpha value is 0.0700.